The molecule has 1 aromatic heterocycles. The number of rotatable bonds is 5. The molecule has 2 rings (SSSR count). The largest absolute Gasteiger partial charge is 0.462 e. The highest BCUT2D eigenvalue weighted by Gasteiger charge is 2.26. The van der Waals surface area contributed by atoms with E-state index in [4.69, 9.17) is 4.74 Å². The van der Waals surface area contributed by atoms with E-state index in [1.54, 1.807) is 26.0 Å². The Kier molecular flexibility index (Phi) is 5.67. The molecule has 4 nitrogen and oxygen atoms in total. The second-order valence-electron chi connectivity index (χ2n) is 5.85. The molecule has 0 spiro atoms. The summed E-state index contributed by atoms with van der Waals surface area (Å²) in [5.41, 5.74) is 3.36. The molecular formula is C19H22FNO3. The number of aliphatic hydroxyl groups excluding tert-OH is 1. The SMILES string of the molecule is CCOC(=O)c1c(C(C)C)nc(C)c(CO)c1-c1ccc(F)cc1. The number of aliphatic hydroxyl groups is 1. The molecule has 1 heterocycles. The molecule has 1 N–H and O–H groups in total. The van der Waals surface area contributed by atoms with E-state index in [-0.39, 0.29) is 24.9 Å². The molecule has 0 atom stereocenters. The molecule has 128 valence electrons. The topological polar surface area (TPSA) is 59.4 Å². The van der Waals surface area contributed by atoms with Gasteiger partial charge in [-0.1, -0.05) is 26.0 Å². The summed E-state index contributed by atoms with van der Waals surface area (Å²) in [4.78, 5) is 17.1. The van der Waals surface area contributed by atoms with Crippen LogP contribution < -0.4 is 0 Å². The van der Waals surface area contributed by atoms with Crippen LogP contribution in [0, 0.1) is 12.7 Å². The fourth-order valence-electron chi connectivity index (χ4n) is 2.72. The molecular weight excluding hydrogens is 309 g/mol. The normalized spacial score (nSPS) is 11.0. The fourth-order valence-corrected chi connectivity index (χ4v) is 2.72. The van der Waals surface area contributed by atoms with Gasteiger partial charge in [0, 0.05) is 16.8 Å². The lowest BCUT2D eigenvalue weighted by atomic mass is 9.89. The number of pyridine rings is 1. The number of aryl methyl sites for hydroxylation is 1. The first-order chi connectivity index (χ1) is 11.4. The van der Waals surface area contributed by atoms with Crippen LogP contribution in [0.15, 0.2) is 24.3 Å². The van der Waals surface area contributed by atoms with E-state index in [9.17, 15) is 14.3 Å². The maximum atomic E-state index is 13.3. The van der Waals surface area contributed by atoms with E-state index < -0.39 is 5.97 Å². The quantitative estimate of drug-likeness (QED) is 0.842. The van der Waals surface area contributed by atoms with Crippen molar-refractivity contribution in [1.82, 2.24) is 4.98 Å². The van der Waals surface area contributed by atoms with E-state index in [0.29, 0.717) is 33.6 Å². The molecule has 2 aromatic rings. The molecule has 5 heteroatoms. The van der Waals surface area contributed by atoms with Crippen LogP contribution in [0.4, 0.5) is 4.39 Å². The number of carbonyl (C=O) groups excluding carboxylic acids is 1. The Hall–Kier alpha value is -2.27. The summed E-state index contributed by atoms with van der Waals surface area (Å²) < 4.78 is 18.5. The van der Waals surface area contributed by atoms with Crippen molar-refractivity contribution in [2.75, 3.05) is 6.61 Å². The first-order valence-electron chi connectivity index (χ1n) is 7.97. The molecule has 0 aliphatic rings. The summed E-state index contributed by atoms with van der Waals surface area (Å²) in [5.74, 6) is -0.852. The Bertz CT molecular complexity index is 739. The highest BCUT2D eigenvalue weighted by Crippen LogP contribution is 2.34. The Labute approximate surface area is 141 Å². The van der Waals surface area contributed by atoms with Crippen LogP contribution >= 0.6 is 0 Å². The number of esters is 1. The van der Waals surface area contributed by atoms with Crippen molar-refractivity contribution >= 4 is 5.97 Å². The summed E-state index contributed by atoms with van der Waals surface area (Å²) in [6.45, 7) is 7.38. The van der Waals surface area contributed by atoms with Gasteiger partial charge >= 0.3 is 5.97 Å². The average Bonchev–Trinajstić information content (AvgIpc) is 2.54. The third-order valence-corrected chi connectivity index (χ3v) is 3.85. The van der Waals surface area contributed by atoms with Crippen LogP contribution in [0.25, 0.3) is 11.1 Å². The highest BCUT2D eigenvalue weighted by molar-refractivity contribution is 5.99. The Balaban J connectivity index is 2.85. The summed E-state index contributed by atoms with van der Waals surface area (Å²) in [6, 6.07) is 5.85. The summed E-state index contributed by atoms with van der Waals surface area (Å²) in [6.07, 6.45) is 0. The average molecular weight is 331 g/mol. The molecule has 0 aliphatic carbocycles. The molecule has 0 saturated heterocycles. The molecule has 0 amide bonds. The minimum atomic E-state index is -0.484. The lowest BCUT2D eigenvalue weighted by Gasteiger charge is -2.20. The molecule has 0 fully saturated rings. The number of carbonyl (C=O) groups is 1. The van der Waals surface area contributed by atoms with E-state index >= 15 is 0 Å². The van der Waals surface area contributed by atoms with Crippen LogP contribution in [0.3, 0.4) is 0 Å². The smallest absolute Gasteiger partial charge is 0.340 e. The first kappa shape index (κ1) is 18.1. The Morgan fingerprint density at radius 3 is 2.42 bits per heavy atom. The maximum absolute atomic E-state index is 13.3. The van der Waals surface area contributed by atoms with E-state index in [1.807, 2.05) is 13.8 Å². The van der Waals surface area contributed by atoms with Gasteiger partial charge in [-0.3, -0.25) is 4.98 Å². The highest BCUT2D eigenvalue weighted by atomic mass is 19.1. The van der Waals surface area contributed by atoms with E-state index in [1.165, 1.54) is 12.1 Å². The number of hydrogen-bond donors (Lipinski definition) is 1. The monoisotopic (exact) mass is 331 g/mol. The van der Waals surface area contributed by atoms with Gasteiger partial charge in [-0.05, 0) is 37.5 Å². The van der Waals surface area contributed by atoms with Crippen LogP contribution in [-0.4, -0.2) is 22.7 Å². The molecule has 0 saturated carbocycles. The van der Waals surface area contributed by atoms with Gasteiger partial charge < -0.3 is 9.84 Å². The third-order valence-electron chi connectivity index (χ3n) is 3.85. The lowest BCUT2D eigenvalue weighted by Crippen LogP contribution is -2.16. The van der Waals surface area contributed by atoms with E-state index in [0.717, 1.165) is 0 Å². The zero-order valence-electron chi connectivity index (χ0n) is 14.4. The number of aromatic nitrogens is 1. The van der Waals surface area contributed by atoms with Crippen molar-refractivity contribution in [1.29, 1.82) is 0 Å². The van der Waals surface area contributed by atoms with Crippen molar-refractivity contribution in [2.24, 2.45) is 0 Å². The Morgan fingerprint density at radius 1 is 1.29 bits per heavy atom. The third kappa shape index (κ3) is 3.46. The van der Waals surface area contributed by atoms with Gasteiger partial charge in [-0.2, -0.15) is 0 Å². The summed E-state index contributed by atoms with van der Waals surface area (Å²) in [7, 11) is 0. The van der Waals surface area contributed by atoms with Crippen LogP contribution in [0.2, 0.25) is 0 Å². The number of halogens is 1. The minimum Gasteiger partial charge on any atom is -0.462 e. The Morgan fingerprint density at radius 2 is 1.92 bits per heavy atom. The molecule has 0 unspecified atom stereocenters. The maximum Gasteiger partial charge on any atom is 0.340 e. The number of nitrogens with zero attached hydrogens (tertiary/aromatic N) is 1. The van der Waals surface area contributed by atoms with Gasteiger partial charge in [-0.15, -0.1) is 0 Å². The van der Waals surface area contributed by atoms with Crippen molar-refractivity contribution in [2.45, 2.75) is 40.2 Å². The number of hydrogen-bond acceptors (Lipinski definition) is 4. The molecule has 0 aliphatic heterocycles. The minimum absolute atomic E-state index is 0.00459. The van der Waals surface area contributed by atoms with Gasteiger partial charge in [0.25, 0.3) is 0 Å². The van der Waals surface area contributed by atoms with Crippen LogP contribution in [0.5, 0.6) is 0 Å². The van der Waals surface area contributed by atoms with Crippen LogP contribution in [0.1, 0.15) is 54.0 Å². The van der Waals surface area contributed by atoms with Gasteiger partial charge in [0.1, 0.15) is 5.82 Å². The standard InChI is InChI=1S/C19H22FNO3/c1-5-24-19(23)17-16(13-6-8-14(20)9-7-13)15(10-22)12(4)21-18(17)11(2)3/h6-9,11,22H,5,10H2,1-4H3. The zero-order valence-corrected chi connectivity index (χ0v) is 14.4. The molecule has 0 radical (unpaired) electrons. The second-order valence-corrected chi connectivity index (χ2v) is 5.85. The second kappa shape index (κ2) is 7.53. The summed E-state index contributed by atoms with van der Waals surface area (Å²) >= 11 is 0. The zero-order chi connectivity index (χ0) is 17.9. The van der Waals surface area contributed by atoms with Gasteiger partial charge in [-0.25, -0.2) is 9.18 Å². The summed E-state index contributed by atoms with van der Waals surface area (Å²) in [5, 5.41) is 9.81. The van der Waals surface area contributed by atoms with Crippen molar-refractivity contribution in [3.05, 3.63) is 52.6 Å². The van der Waals surface area contributed by atoms with Gasteiger partial charge in [0.2, 0.25) is 0 Å². The number of benzene rings is 1. The van der Waals surface area contributed by atoms with Gasteiger partial charge in [0.15, 0.2) is 0 Å². The number of ether oxygens (including phenoxy) is 1. The lowest BCUT2D eigenvalue weighted by molar-refractivity contribution is 0.0524. The molecule has 1 aromatic carbocycles. The van der Waals surface area contributed by atoms with Gasteiger partial charge in [0.05, 0.1) is 24.5 Å². The first-order valence-corrected chi connectivity index (χ1v) is 7.97. The predicted molar refractivity (Wildman–Crippen MR) is 90.3 cm³/mol. The van der Waals surface area contributed by atoms with Crippen LogP contribution in [-0.2, 0) is 11.3 Å². The molecule has 0 bridgehead atoms. The predicted octanol–water partition coefficient (Wildman–Crippen LogP) is 3.99. The van der Waals surface area contributed by atoms with Crippen molar-refractivity contribution in [3.63, 3.8) is 0 Å². The van der Waals surface area contributed by atoms with Crippen molar-refractivity contribution in [3.8, 4) is 11.1 Å². The van der Waals surface area contributed by atoms with Crippen molar-refractivity contribution < 1.29 is 19.0 Å². The fraction of sp³-hybridized carbons (Fsp3) is 0.368. The molecule has 24 heavy (non-hydrogen) atoms. The van der Waals surface area contributed by atoms with E-state index in [2.05, 4.69) is 4.98 Å².